The number of ether oxygens (including phenoxy) is 2. The van der Waals surface area contributed by atoms with E-state index in [0.29, 0.717) is 38.5 Å². The van der Waals surface area contributed by atoms with Crippen molar-refractivity contribution in [2.45, 2.75) is 128 Å². The first kappa shape index (κ1) is 48.3. The predicted octanol–water partition coefficient (Wildman–Crippen LogP) is 1.83. The number of hydrogen-bond acceptors (Lipinski definition) is 12. The van der Waals surface area contributed by atoms with Crippen LogP contribution in [0.1, 0.15) is 99.3 Å². The highest BCUT2D eigenvalue weighted by molar-refractivity contribution is 6.26. The Balaban J connectivity index is 1.07. The number of nitrogens with zero attached hydrogens (tertiary/aromatic N) is 1. The largest absolute Gasteiger partial charge is 0.450 e. The van der Waals surface area contributed by atoms with Gasteiger partial charge in [0.15, 0.2) is 11.4 Å². The van der Waals surface area contributed by atoms with Gasteiger partial charge in [-0.2, -0.15) is 0 Å². The van der Waals surface area contributed by atoms with E-state index in [1.54, 1.807) is 19.1 Å². The topological polar surface area (TPSA) is 244 Å². The van der Waals surface area contributed by atoms with Crippen molar-refractivity contribution in [2.75, 3.05) is 26.4 Å². The van der Waals surface area contributed by atoms with E-state index in [2.05, 4.69) is 21.3 Å². The Kier molecular flexibility index (Phi) is 15.1. The Bertz CT molecular complexity index is 1930. The number of imide groups is 1. The number of Topliss-reactive ketones (excluding diaryl/α,β-unsaturated/α-hetero) is 1. The standard InChI is InChI=1S/C44H60ClN5O12/c1-7-38(58)62-44(25(2)19-31-30-13-12-28-20-29(51)16-17-41(28,5)43(30,45)32(52)21-42(31,44)6)33(53)23-61-24-47-35(55)22-46-39(59)26(3)49-40(60)27(4)48-34(54)11-9-8-10-18-50-36(56)14-15-37(50)57/h14-17,20,25-27,30-32,52H,7-13,18-19,21-24H2,1-6H3,(H,46,59)(H,47,55)(H,48,54)(H,49,60)/t25-,26-,27-,30-,31?,32-,41-,42-,43-,44-/m0/s1. The lowest BCUT2D eigenvalue weighted by Gasteiger charge is -2.64. The SMILES string of the molecule is CCC(=O)O[C@]1(C(=O)COCNC(=O)CNC(=O)[C@H](C)NC(=O)[C@H](C)NC(=O)CCCCCN2C(=O)C=CC2=O)[C@@H](C)CC2[C@@H]3CCC4=CC(=O)C=C[C@]4(C)[C@@]3(Cl)[C@@H](O)C[C@@]21C. The van der Waals surface area contributed by atoms with Gasteiger partial charge in [0.25, 0.3) is 11.8 Å². The normalized spacial score (nSPS) is 31.8. The third-order valence-corrected chi connectivity index (χ3v) is 14.8. The molecule has 0 spiro atoms. The minimum absolute atomic E-state index is 0.00952. The lowest BCUT2D eigenvalue weighted by molar-refractivity contribution is -0.203. The number of unbranched alkanes of at least 4 members (excludes halogenated alkanes) is 2. The number of rotatable bonds is 19. The predicted molar refractivity (Wildman–Crippen MR) is 223 cm³/mol. The highest BCUT2D eigenvalue weighted by Crippen LogP contribution is 2.72. The molecule has 1 unspecified atom stereocenters. The van der Waals surface area contributed by atoms with Crippen LogP contribution in [0.5, 0.6) is 0 Å². The molecule has 1 heterocycles. The van der Waals surface area contributed by atoms with E-state index < -0.39 is 94.8 Å². The van der Waals surface area contributed by atoms with Crippen molar-refractivity contribution >= 4 is 64.6 Å². The molecule has 5 aliphatic rings. The molecule has 0 radical (unpaired) electrons. The van der Waals surface area contributed by atoms with Gasteiger partial charge in [-0.15, -0.1) is 11.6 Å². The number of esters is 1. The van der Waals surface area contributed by atoms with E-state index in [9.17, 15) is 48.3 Å². The van der Waals surface area contributed by atoms with E-state index in [4.69, 9.17) is 21.1 Å². The molecule has 3 fully saturated rings. The molecular weight excluding hydrogens is 826 g/mol. The molecule has 5 N–H and O–H groups in total. The van der Waals surface area contributed by atoms with Crippen molar-refractivity contribution in [2.24, 2.45) is 28.6 Å². The maximum atomic E-state index is 14.4. The molecule has 10 atom stereocenters. The maximum Gasteiger partial charge on any atom is 0.306 e. The first-order chi connectivity index (χ1) is 29.2. The summed E-state index contributed by atoms with van der Waals surface area (Å²) in [6, 6.07) is -2.02. The molecule has 17 nitrogen and oxygen atoms in total. The first-order valence-electron chi connectivity index (χ1n) is 21.5. The van der Waals surface area contributed by atoms with Crippen molar-refractivity contribution in [3.8, 4) is 0 Å². The lowest BCUT2D eigenvalue weighted by Crippen LogP contribution is -2.69. The van der Waals surface area contributed by atoms with Crippen molar-refractivity contribution < 1.29 is 57.7 Å². The summed E-state index contributed by atoms with van der Waals surface area (Å²) in [4.78, 5) is 113. The van der Waals surface area contributed by atoms with Crippen LogP contribution in [0, 0.1) is 28.6 Å². The zero-order chi connectivity index (χ0) is 45.8. The van der Waals surface area contributed by atoms with Crippen LogP contribution < -0.4 is 21.3 Å². The fourth-order valence-corrected chi connectivity index (χ4v) is 11.1. The van der Waals surface area contributed by atoms with Crippen LogP contribution in [-0.2, 0) is 52.6 Å². The number of halogens is 1. The summed E-state index contributed by atoms with van der Waals surface area (Å²) in [5.41, 5.74) is -2.65. The number of aliphatic hydroxyl groups is 1. The highest BCUT2D eigenvalue weighted by Gasteiger charge is 2.76. The summed E-state index contributed by atoms with van der Waals surface area (Å²) in [5, 5.41) is 22.0. The monoisotopic (exact) mass is 885 g/mol. The van der Waals surface area contributed by atoms with E-state index in [1.165, 1.54) is 32.1 Å². The van der Waals surface area contributed by atoms with Crippen molar-refractivity contribution in [3.63, 3.8) is 0 Å². The van der Waals surface area contributed by atoms with E-state index in [0.717, 1.165) is 10.5 Å². The molecule has 3 saturated carbocycles. The Labute approximate surface area is 366 Å². The minimum Gasteiger partial charge on any atom is -0.450 e. The first-order valence-corrected chi connectivity index (χ1v) is 21.9. The Morgan fingerprint density at radius 2 is 1.60 bits per heavy atom. The second-order valence-electron chi connectivity index (χ2n) is 17.7. The average Bonchev–Trinajstić information content (AvgIpc) is 3.65. The second-order valence-corrected chi connectivity index (χ2v) is 18.3. The van der Waals surface area contributed by atoms with Crippen LogP contribution >= 0.6 is 11.6 Å². The maximum absolute atomic E-state index is 14.4. The van der Waals surface area contributed by atoms with E-state index >= 15 is 0 Å². The zero-order valence-electron chi connectivity index (χ0n) is 36.3. The van der Waals surface area contributed by atoms with Crippen LogP contribution in [0.3, 0.4) is 0 Å². The molecule has 0 aromatic rings. The van der Waals surface area contributed by atoms with Crippen molar-refractivity contribution in [3.05, 3.63) is 36.0 Å². The van der Waals surface area contributed by atoms with Gasteiger partial charge in [-0.1, -0.05) is 45.8 Å². The molecule has 0 aromatic heterocycles. The number of aliphatic hydroxyl groups excluding tert-OH is 1. The number of carbonyl (C=O) groups is 9. The van der Waals surface area contributed by atoms with Gasteiger partial charge in [0.1, 0.15) is 25.4 Å². The third-order valence-electron chi connectivity index (χ3n) is 13.9. The van der Waals surface area contributed by atoms with Gasteiger partial charge in [-0.05, 0) is 76.4 Å². The van der Waals surface area contributed by atoms with Crippen molar-refractivity contribution in [1.29, 1.82) is 0 Å². The molecule has 4 aliphatic carbocycles. The fourth-order valence-electron chi connectivity index (χ4n) is 10.6. The van der Waals surface area contributed by atoms with E-state index in [-0.39, 0.29) is 61.1 Å². The molecule has 340 valence electrons. The lowest BCUT2D eigenvalue weighted by atomic mass is 9.45. The number of amides is 6. The molecule has 0 aromatic carbocycles. The quantitative estimate of drug-likeness (QED) is 0.0411. The number of nitrogens with one attached hydrogen (secondary N) is 4. The summed E-state index contributed by atoms with van der Waals surface area (Å²) in [5.74, 6) is -5.27. The van der Waals surface area contributed by atoms with Gasteiger partial charge < -0.3 is 35.8 Å². The summed E-state index contributed by atoms with van der Waals surface area (Å²) < 4.78 is 11.8. The van der Waals surface area contributed by atoms with Crippen LogP contribution in [0.4, 0.5) is 0 Å². The molecule has 18 heteroatoms. The Morgan fingerprint density at radius 3 is 2.27 bits per heavy atom. The van der Waals surface area contributed by atoms with Crippen LogP contribution in [-0.4, -0.2) is 118 Å². The molecular formula is C44H60ClN5O12. The second kappa shape index (κ2) is 19.3. The summed E-state index contributed by atoms with van der Waals surface area (Å²) in [6.45, 7) is 8.99. The van der Waals surface area contributed by atoms with Crippen LogP contribution in [0.15, 0.2) is 36.0 Å². The van der Waals surface area contributed by atoms with Gasteiger partial charge in [0.2, 0.25) is 29.4 Å². The molecule has 0 bridgehead atoms. The van der Waals surface area contributed by atoms with Crippen LogP contribution in [0.2, 0.25) is 0 Å². The van der Waals surface area contributed by atoms with Crippen molar-refractivity contribution in [1.82, 2.24) is 26.2 Å². The number of allylic oxidation sites excluding steroid dienone is 4. The number of hydrogen-bond donors (Lipinski definition) is 5. The Morgan fingerprint density at radius 1 is 0.919 bits per heavy atom. The molecule has 5 rings (SSSR count). The van der Waals surface area contributed by atoms with Crippen LogP contribution in [0.25, 0.3) is 0 Å². The Hall–Kier alpha value is -4.74. The number of ketones is 2. The number of carbonyl (C=O) groups excluding carboxylic acids is 9. The van der Waals surface area contributed by atoms with Gasteiger partial charge in [0, 0.05) is 48.3 Å². The summed E-state index contributed by atoms with van der Waals surface area (Å²) in [7, 11) is 0. The van der Waals surface area contributed by atoms with Gasteiger partial charge >= 0.3 is 5.97 Å². The number of alkyl halides is 1. The molecule has 62 heavy (non-hydrogen) atoms. The molecule has 6 amide bonds. The van der Waals surface area contributed by atoms with Gasteiger partial charge in [-0.3, -0.25) is 48.1 Å². The molecule has 1 aliphatic heterocycles. The zero-order valence-corrected chi connectivity index (χ0v) is 37.1. The summed E-state index contributed by atoms with van der Waals surface area (Å²) in [6.07, 6.45) is 9.59. The highest BCUT2D eigenvalue weighted by atomic mass is 35.5. The van der Waals surface area contributed by atoms with Gasteiger partial charge in [0.05, 0.1) is 17.5 Å². The smallest absolute Gasteiger partial charge is 0.306 e. The molecule has 0 saturated heterocycles. The van der Waals surface area contributed by atoms with E-state index in [1.807, 2.05) is 20.8 Å². The minimum atomic E-state index is -1.67. The summed E-state index contributed by atoms with van der Waals surface area (Å²) >= 11 is 7.57. The fraction of sp³-hybridized carbons (Fsp3) is 0.659. The third kappa shape index (κ3) is 9.16. The van der Waals surface area contributed by atoms with Gasteiger partial charge in [-0.25, -0.2) is 0 Å². The number of fused-ring (bicyclic) bond motifs is 5. The average molecular weight is 886 g/mol.